The minimum absolute atomic E-state index is 0.190. The zero-order valence-corrected chi connectivity index (χ0v) is 21.3. The molecule has 0 saturated heterocycles. The van der Waals surface area contributed by atoms with Crippen LogP contribution < -0.4 is 15.4 Å². The zero-order valence-electron chi connectivity index (χ0n) is 19.7. The van der Waals surface area contributed by atoms with Gasteiger partial charge in [-0.2, -0.15) is 10.5 Å². The van der Waals surface area contributed by atoms with E-state index in [1.807, 2.05) is 0 Å². The van der Waals surface area contributed by atoms with Crippen molar-refractivity contribution >= 4 is 55.9 Å². The van der Waals surface area contributed by atoms with Gasteiger partial charge in [0.15, 0.2) is 5.13 Å². The molecule has 4 aromatic rings. The van der Waals surface area contributed by atoms with Gasteiger partial charge in [0.2, 0.25) is 11.8 Å². The normalized spacial score (nSPS) is 10.8. The van der Waals surface area contributed by atoms with Crippen LogP contribution in [0.3, 0.4) is 0 Å². The van der Waals surface area contributed by atoms with Crippen LogP contribution in [0.5, 0.6) is 11.6 Å². The highest BCUT2D eigenvalue weighted by Crippen LogP contribution is 2.31. The van der Waals surface area contributed by atoms with Crippen LogP contribution in [0.25, 0.3) is 10.3 Å². The minimum atomic E-state index is -0.742. The first-order valence-corrected chi connectivity index (χ1v) is 12.3. The van der Waals surface area contributed by atoms with Crippen LogP contribution >= 0.6 is 22.9 Å². The Kier molecular flexibility index (Phi) is 7.35. The standard InChI is InChI=1S/C26H19ClN6O3S/c1-26(2,14-29)17-5-3-4-15(10-17)23(35)30-18-7-6-16(13-28)20(11-18)36-22-9-8-19-24(33-22)37-25(31-19)32-21(34)12-27/h3-11H,12H2,1-2H3,(H,30,35)(H,31,32,34). The summed E-state index contributed by atoms with van der Waals surface area (Å²) >= 11 is 6.67. The fraction of sp³-hybridized carbons (Fsp3) is 0.154. The van der Waals surface area contributed by atoms with Gasteiger partial charge >= 0.3 is 0 Å². The second-order valence-electron chi connectivity index (χ2n) is 8.37. The van der Waals surface area contributed by atoms with E-state index in [1.165, 1.54) is 12.1 Å². The molecule has 0 fully saturated rings. The van der Waals surface area contributed by atoms with Gasteiger partial charge in [-0.3, -0.25) is 9.59 Å². The molecule has 37 heavy (non-hydrogen) atoms. The van der Waals surface area contributed by atoms with E-state index in [0.29, 0.717) is 26.7 Å². The molecular formula is C26H19ClN6O3S. The predicted octanol–water partition coefficient (Wildman–Crippen LogP) is 5.59. The van der Waals surface area contributed by atoms with Crippen molar-refractivity contribution in [1.82, 2.24) is 9.97 Å². The molecule has 2 heterocycles. The van der Waals surface area contributed by atoms with Gasteiger partial charge in [-0.15, -0.1) is 11.6 Å². The van der Waals surface area contributed by atoms with Gasteiger partial charge in [0.05, 0.1) is 17.0 Å². The zero-order chi connectivity index (χ0) is 26.6. The molecule has 0 aliphatic carbocycles. The first-order chi connectivity index (χ1) is 17.7. The fourth-order valence-electron chi connectivity index (χ4n) is 3.27. The number of carbonyl (C=O) groups is 2. The van der Waals surface area contributed by atoms with Crippen LogP contribution in [0.4, 0.5) is 10.8 Å². The highest BCUT2D eigenvalue weighted by molar-refractivity contribution is 7.22. The maximum Gasteiger partial charge on any atom is 0.255 e. The van der Waals surface area contributed by atoms with E-state index >= 15 is 0 Å². The lowest BCUT2D eigenvalue weighted by Gasteiger charge is -2.16. The van der Waals surface area contributed by atoms with Gasteiger partial charge in [0.1, 0.15) is 28.0 Å². The lowest BCUT2D eigenvalue weighted by molar-refractivity contribution is -0.113. The number of carbonyl (C=O) groups excluding carboxylic acids is 2. The Morgan fingerprint density at radius 1 is 1.08 bits per heavy atom. The van der Waals surface area contributed by atoms with E-state index in [1.54, 1.807) is 56.3 Å². The molecule has 4 rings (SSSR count). The Bertz CT molecular complexity index is 1600. The number of nitriles is 2. The minimum Gasteiger partial charge on any atom is -0.438 e. The average Bonchev–Trinajstić information content (AvgIpc) is 3.30. The highest BCUT2D eigenvalue weighted by Gasteiger charge is 2.21. The molecule has 0 aliphatic rings. The summed E-state index contributed by atoms with van der Waals surface area (Å²) in [6.07, 6.45) is 0. The molecular weight excluding hydrogens is 512 g/mol. The third kappa shape index (κ3) is 5.84. The summed E-state index contributed by atoms with van der Waals surface area (Å²) in [7, 11) is 0. The van der Waals surface area contributed by atoms with Crippen LogP contribution in [0.2, 0.25) is 0 Å². The monoisotopic (exact) mass is 530 g/mol. The topological polar surface area (TPSA) is 141 Å². The molecule has 0 spiro atoms. The number of benzene rings is 2. The Morgan fingerprint density at radius 2 is 1.89 bits per heavy atom. The first-order valence-electron chi connectivity index (χ1n) is 10.9. The molecule has 2 aromatic carbocycles. The van der Waals surface area contributed by atoms with E-state index in [-0.39, 0.29) is 34.9 Å². The molecule has 9 nitrogen and oxygen atoms in total. The van der Waals surface area contributed by atoms with Crippen molar-refractivity contribution in [3.63, 3.8) is 0 Å². The van der Waals surface area contributed by atoms with Crippen molar-refractivity contribution in [1.29, 1.82) is 10.5 Å². The average molecular weight is 531 g/mol. The lowest BCUT2D eigenvalue weighted by Crippen LogP contribution is -2.17. The van der Waals surface area contributed by atoms with Crippen molar-refractivity contribution in [2.45, 2.75) is 19.3 Å². The van der Waals surface area contributed by atoms with Crippen molar-refractivity contribution < 1.29 is 14.3 Å². The first kappa shape index (κ1) is 25.6. The van der Waals surface area contributed by atoms with Crippen molar-refractivity contribution in [2.24, 2.45) is 0 Å². The predicted molar refractivity (Wildman–Crippen MR) is 141 cm³/mol. The Balaban J connectivity index is 1.56. The lowest BCUT2D eigenvalue weighted by atomic mass is 9.85. The molecule has 0 bridgehead atoms. The summed E-state index contributed by atoms with van der Waals surface area (Å²) in [5.74, 6) is -0.535. The van der Waals surface area contributed by atoms with Gasteiger partial charge in [0, 0.05) is 23.4 Å². The number of pyridine rings is 1. The molecule has 2 amide bonds. The Labute approximate surface area is 221 Å². The van der Waals surface area contributed by atoms with Crippen LogP contribution in [0.1, 0.15) is 35.3 Å². The molecule has 184 valence electrons. The number of hydrogen-bond donors (Lipinski definition) is 2. The number of nitrogens with one attached hydrogen (secondary N) is 2. The molecule has 0 unspecified atom stereocenters. The number of thiazole rings is 1. The van der Waals surface area contributed by atoms with E-state index in [4.69, 9.17) is 16.3 Å². The maximum atomic E-state index is 12.9. The number of fused-ring (bicyclic) bond motifs is 1. The van der Waals surface area contributed by atoms with Gasteiger partial charge in [-0.05, 0) is 49.7 Å². The number of amides is 2. The molecule has 0 saturated carbocycles. The smallest absolute Gasteiger partial charge is 0.255 e. The SMILES string of the molecule is CC(C)(C#N)c1cccc(C(=O)Nc2ccc(C#N)c(Oc3ccc4nc(NC(=O)CCl)sc4n3)c2)c1. The number of anilines is 2. The fourth-order valence-corrected chi connectivity index (χ4v) is 4.18. The van der Waals surface area contributed by atoms with Crippen LogP contribution in [-0.4, -0.2) is 27.7 Å². The van der Waals surface area contributed by atoms with Crippen LogP contribution in [0.15, 0.2) is 54.6 Å². The van der Waals surface area contributed by atoms with E-state index in [9.17, 15) is 20.1 Å². The maximum absolute atomic E-state index is 12.9. The number of alkyl halides is 1. The Hall–Kier alpha value is -4.51. The number of hydrogen-bond acceptors (Lipinski definition) is 8. The number of halogens is 1. The summed E-state index contributed by atoms with van der Waals surface area (Å²) in [6.45, 7) is 3.56. The summed E-state index contributed by atoms with van der Waals surface area (Å²) in [5.41, 5.74) is 1.59. The number of ether oxygens (including phenoxy) is 1. The van der Waals surface area contributed by atoms with Gasteiger partial charge in [0.25, 0.3) is 5.91 Å². The largest absolute Gasteiger partial charge is 0.438 e. The van der Waals surface area contributed by atoms with Crippen LogP contribution in [0, 0.1) is 22.7 Å². The summed E-state index contributed by atoms with van der Waals surface area (Å²) in [5, 5.41) is 24.7. The molecule has 0 radical (unpaired) electrons. The quantitative estimate of drug-likeness (QED) is 0.297. The molecule has 2 N–H and O–H groups in total. The van der Waals surface area contributed by atoms with Crippen LogP contribution in [-0.2, 0) is 10.2 Å². The van der Waals surface area contributed by atoms with Crippen molar-refractivity contribution in [3.8, 4) is 23.8 Å². The Morgan fingerprint density at radius 3 is 2.62 bits per heavy atom. The molecule has 0 aliphatic heterocycles. The second-order valence-corrected chi connectivity index (χ2v) is 9.62. The summed E-state index contributed by atoms with van der Waals surface area (Å²) in [4.78, 5) is 33.6. The van der Waals surface area contributed by atoms with E-state index in [0.717, 1.165) is 16.9 Å². The number of aromatic nitrogens is 2. The summed E-state index contributed by atoms with van der Waals surface area (Å²) in [6, 6.07) is 19.1. The van der Waals surface area contributed by atoms with E-state index in [2.05, 4.69) is 32.7 Å². The summed E-state index contributed by atoms with van der Waals surface area (Å²) < 4.78 is 5.88. The highest BCUT2D eigenvalue weighted by atomic mass is 35.5. The van der Waals surface area contributed by atoms with Gasteiger partial charge < -0.3 is 15.4 Å². The third-order valence-electron chi connectivity index (χ3n) is 5.30. The molecule has 2 aromatic heterocycles. The second kappa shape index (κ2) is 10.6. The molecule has 0 atom stereocenters. The van der Waals surface area contributed by atoms with E-state index < -0.39 is 5.41 Å². The van der Waals surface area contributed by atoms with Crippen molar-refractivity contribution in [2.75, 3.05) is 16.5 Å². The number of rotatable bonds is 7. The van der Waals surface area contributed by atoms with Crippen molar-refractivity contribution in [3.05, 3.63) is 71.3 Å². The van der Waals surface area contributed by atoms with Gasteiger partial charge in [-0.25, -0.2) is 9.97 Å². The third-order valence-corrected chi connectivity index (χ3v) is 6.42. The number of nitrogens with zero attached hydrogens (tertiary/aromatic N) is 4. The molecule has 11 heteroatoms. The van der Waals surface area contributed by atoms with Gasteiger partial charge in [-0.1, -0.05) is 23.5 Å².